The summed E-state index contributed by atoms with van der Waals surface area (Å²) in [6, 6.07) is 22.2. The predicted octanol–water partition coefficient (Wildman–Crippen LogP) is 8.22. The summed E-state index contributed by atoms with van der Waals surface area (Å²) < 4.78 is 0. The lowest BCUT2D eigenvalue weighted by Gasteiger charge is -2.19. The third-order valence-corrected chi connectivity index (χ3v) is 6.55. The van der Waals surface area contributed by atoms with Gasteiger partial charge in [0.25, 0.3) is 0 Å². The smallest absolute Gasteiger partial charge is 0.0359 e. The van der Waals surface area contributed by atoms with Crippen molar-refractivity contribution < 1.29 is 0 Å². The van der Waals surface area contributed by atoms with E-state index < -0.39 is 0 Å². The molecule has 0 heterocycles. The topological polar surface area (TPSA) is 26.0 Å². The van der Waals surface area contributed by atoms with E-state index in [1.807, 2.05) is 0 Å². The number of hydrogen-bond acceptors (Lipinski definition) is 1. The normalized spacial score (nSPS) is 12.0. The van der Waals surface area contributed by atoms with Crippen LogP contribution in [0.1, 0.15) is 51.0 Å². The van der Waals surface area contributed by atoms with Gasteiger partial charge in [-0.05, 0) is 67.6 Å². The zero-order valence-electron chi connectivity index (χ0n) is 17.3. The lowest BCUT2D eigenvalue weighted by Crippen LogP contribution is -1.99. The van der Waals surface area contributed by atoms with Gasteiger partial charge in [0.15, 0.2) is 0 Å². The minimum absolute atomic E-state index is 0.953. The number of fused-ring (bicyclic) bond motifs is 2. The SMILES string of the molecule is CCCCCCCCc1c(N)cc2cccc3c4cccc5cccc(c1c23)c54. The highest BCUT2D eigenvalue weighted by Crippen LogP contribution is 2.43. The van der Waals surface area contributed by atoms with Gasteiger partial charge in [-0.1, -0.05) is 93.6 Å². The fourth-order valence-electron chi connectivity index (χ4n) is 5.17. The molecule has 0 aromatic heterocycles. The largest absolute Gasteiger partial charge is 0.398 e. The molecule has 0 bridgehead atoms. The molecular weight excluding hydrogens is 350 g/mol. The van der Waals surface area contributed by atoms with Gasteiger partial charge < -0.3 is 5.73 Å². The van der Waals surface area contributed by atoms with Crippen LogP contribution in [0.15, 0.2) is 60.7 Å². The summed E-state index contributed by atoms with van der Waals surface area (Å²) in [7, 11) is 0. The Labute approximate surface area is 172 Å². The van der Waals surface area contributed by atoms with Gasteiger partial charge in [0.2, 0.25) is 0 Å². The summed E-state index contributed by atoms with van der Waals surface area (Å²) in [6.07, 6.45) is 8.91. The molecule has 0 fully saturated rings. The van der Waals surface area contributed by atoms with Gasteiger partial charge in [0.1, 0.15) is 0 Å². The lowest BCUT2D eigenvalue weighted by molar-refractivity contribution is 0.608. The maximum absolute atomic E-state index is 6.65. The number of hydrogen-bond donors (Lipinski definition) is 1. The quantitative estimate of drug-likeness (QED) is 0.131. The van der Waals surface area contributed by atoms with Crippen molar-refractivity contribution in [2.45, 2.75) is 51.9 Å². The molecule has 1 nitrogen and oxygen atoms in total. The van der Waals surface area contributed by atoms with Gasteiger partial charge in [-0.25, -0.2) is 0 Å². The summed E-state index contributed by atoms with van der Waals surface area (Å²) in [6.45, 7) is 2.27. The maximum atomic E-state index is 6.65. The molecule has 146 valence electrons. The third-order valence-electron chi connectivity index (χ3n) is 6.55. The zero-order valence-corrected chi connectivity index (χ0v) is 17.3. The number of nitrogens with two attached hydrogens (primary N) is 1. The van der Waals surface area contributed by atoms with Crippen LogP contribution in [0.4, 0.5) is 5.69 Å². The van der Waals surface area contributed by atoms with E-state index in [9.17, 15) is 0 Å². The van der Waals surface area contributed by atoms with Crippen LogP contribution < -0.4 is 5.73 Å². The predicted molar refractivity (Wildman–Crippen MR) is 129 cm³/mol. The Kier molecular flexibility index (Phi) is 4.75. The van der Waals surface area contributed by atoms with Gasteiger partial charge in [0.05, 0.1) is 0 Å². The molecule has 0 spiro atoms. The van der Waals surface area contributed by atoms with Crippen LogP contribution in [-0.2, 0) is 6.42 Å². The van der Waals surface area contributed by atoms with Crippen LogP contribution >= 0.6 is 0 Å². The molecule has 0 unspecified atom stereocenters. The van der Waals surface area contributed by atoms with Crippen LogP contribution in [0.2, 0.25) is 0 Å². The van der Waals surface area contributed by atoms with E-state index in [-0.39, 0.29) is 0 Å². The fourth-order valence-corrected chi connectivity index (χ4v) is 5.17. The standard InChI is InChI=1S/C28H29N/c1-2-3-4-5-6-7-14-23-25(29)18-20-13-10-16-22-21-15-8-11-19-12-9-17-24(26(19)21)28(23)27(20)22/h8-13,15-18H,2-7,14,29H2,1H3. The molecule has 0 saturated heterocycles. The average Bonchev–Trinajstić information content (AvgIpc) is 2.75. The molecule has 0 aliphatic heterocycles. The molecule has 2 N–H and O–H groups in total. The summed E-state index contributed by atoms with van der Waals surface area (Å²) in [5.41, 5.74) is 8.95. The van der Waals surface area contributed by atoms with Crippen LogP contribution in [0.25, 0.3) is 43.1 Å². The van der Waals surface area contributed by atoms with Gasteiger partial charge in [-0.3, -0.25) is 0 Å². The van der Waals surface area contributed by atoms with Crippen molar-refractivity contribution in [2.24, 2.45) is 0 Å². The molecule has 0 saturated carbocycles. The molecule has 5 aromatic carbocycles. The van der Waals surface area contributed by atoms with E-state index in [1.54, 1.807) is 0 Å². The van der Waals surface area contributed by atoms with E-state index >= 15 is 0 Å². The minimum atomic E-state index is 0.953. The summed E-state index contributed by atoms with van der Waals surface area (Å²) in [5, 5.41) is 10.8. The molecule has 1 heteroatoms. The first-order valence-corrected chi connectivity index (χ1v) is 11.2. The van der Waals surface area contributed by atoms with Crippen LogP contribution in [0, 0.1) is 0 Å². The first-order valence-electron chi connectivity index (χ1n) is 11.2. The van der Waals surface area contributed by atoms with Gasteiger partial charge in [0, 0.05) is 5.69 Å². The second-order valence-electron chi connectivity index (χ2n) is 8.45. The molecular formula is C28H29N. The maximum Gasteiger partial charge on any atom is 0.0359 e. The number of benzene rings is 5. The van der Waals surface area contributed by atoms with Crippen molar-refractivity contribution in [3.8, 4) is 0 Å². The van der Waals surface area contributed by atoms with Crippen molar-refractivity contribution in [3.05, 3.63) is 66.2 Å². The summed E-state index contributed by atoms with van der Waals surface area (Å²) in [4.78, 5) is 0. The molecule has 5 aromatic rings. The third kappa shape index (κ3) is 3.00. The van der Waals surface area contributed by atoms with E-state index in [2.05, 4.69) is 67.6 Å². The summed E-state index contributed by atoms with van der Waals surface area (Å²) >= 11 is 0. The van der Waals surface area contributed by atoms with Crippen molar-refractivity contribution in [1.82, 2.24) is 0 Å². The van der Waals surface area contributed by atoms with Gasteiger partial charge in [-0.15, -0.1) is 0 Å². The Morgan fingerprint density at radius 2 is 1.24 bits per heavy atom. The molecule has 0 atom stereocenters. The molecule has 0 aliphatic rings. The van der Waals surface area contributed by atoms with E-state index in [4.69, 9.17) is 5.73 Å². The summed E-state index contributed by atoms with van der Waals surface area (Å²) in [5.74, 6) is 0. The zero-order chi connectivity index (χ0) is 19.8. The van der Waals surface area contributed by atoms with E-state index in [1.165, 1.54) is 87.2 Å². The minimum Gasteiger partial charge on any atom is -0.398 e. The van der Waals surface area contributed by atoms with Gasteiger partial charge in [-0.2, -0.15) is 0 Å². The van der Waals surface area contributed by atoms with Crippen LogP contribution in [0.3, 0.4) is 0 Å². The Morgan fingerprint density at radius 1 is 0.621 bits per heavy atom. The average molecular weight is 380 g/mol. The fraction of sp³-hybridized carbons (Fsp3) is 0.286. The molecule has 5 rings (SSSR count). The Balaban J connectivity index is 1.73. The molecule has 0 amide bonds. The van der Waals surface area contributed by atoms with Crippen LogP contribution in [-0.4, -0.2) is 0 Å². The molecule has 29 heavy (non-hydrogen) atoms. The van der Waals surface area contributed by atoms with Crippen LogP contribution in [0.5, 0.6) is 0 Å². The Hall–Kier alpha value is -2.80. The Morgan fingerprint density at radius 3 is 2.00 bits per heavy atom. The Bertz CT molecular complexity index is 1290. The first kappa shape index (κ1) is 18.2. The monoisotopic (exact) mass is 379 g/mol. The number of rotatable bonds is 7. The van der Waals surface area contributed by atoms with Crippen molar-refractivity contribution in [3.63, 3.8) is 0 Å². The highest BCUT2D eigenvalue weighted by molar-refractivity contribution is 6.34. The number of unbranched alkanes of at least 4 members (excludes halogenated alkanes) is 5. The number of nitrogen functional groups attached to an aromatic ring is 1. The van der Waals surface area contributed by atoms with Crippen molar-refractivity contribution in [1.29, 1.82) is 0 Å². The van der Waals surface area contributed by atoms with Crippen molar-refractivity contribution >= 4 is 48.8 Å². The highest BCUT2D eigenvalue weighted by Gasteiger charge is 2.17. The second kappa shape index (κ2) is 7.55. The first-order chi connectivity index (χ1) is 14.3. The lowest BCUT2D eigenvalue weighted by atomic mass is 9.86. The highest BCUT2D eigenvalue weighted by atomic mass is 14.6. The number of aryl methyl sites for hydroxylation is 1. The number of anilines is 1. The molecule has 0 radical (unpaired) electrons. The van der Waals surface area contributed by atoms with Crippen molar-refractivity contribution in [2.75, 3.05) is 5.73 Å². The second-order valence-corrected chi connectivity index (χ2v) is 8.45. The van der Waals surface area contributed by atoms with E-state index in [0.29, 0.717) is 0 Å². The van der Waals surface area contributed by atoms with E-state index in [0.717, 1.165) is 12.1 Å². The van der Waals surface area contributed by atoms with Gasteiger partial charge >= 0.3 is 0 Å². The molecule has 0 aliphatic carbocycles.